The van der Waals surface area contributed by atoms with Crippen LogP contribution < -0.4 is 5.32 Å². The van der Waals surface area contributed by atoms with E-state index in [1.807, 2.05) is 0 Å². The second-order valence-electron chi connectivity index (χ2n) is 3.84. The van der Waals surface area contributed by atoms with E-state index in [2.05, 4.69) is 10.3 Å². The van der Waals surface area contributed by atoms with Crippen molar-refractivity contribution in [2.75, 3.05) is 7.05 Å². The van der Waals surface area contributed by atoms with Crippen LogP contribution in [-0.4, -0.2) is 33.6 Å². The number of rotatable bonds is 4. The van der Waals surface area contributed by atoms with Gasteiger partial charge in [0.1, 0.15) is 0 Å². The Balaban J connectivity index is 2.39. The molecule has 0 aliphatic carbocycles. The average molecular weight is 247 g/mol. The summed E-state index contributed by atoms with van der Waals surface area (Å²) in [4.78, 5) is 26.5. The molecule has 0 aliphatic rings. The molecule has 18 heavy (non-hydrogen) atoms. The lowest BCUT2D eigenvalue weighted by Gasteiger charge is -2.05. The average Bonchev–Trinajstić information content (AvgIpc) is 2.78. The Kier molecular flexibility index (Phi) is 3.27. The summed E-state index contributed by atoms with van der Waals surface area (Å²) in [7, 11) is 1.57. The van der Waals surface area contributed by atoms with Gasteiger partial charge in [-0.1, -0.05) is 6.07 Å². The molecule has 0 atom stereocenters. The highest BCUT2D eigenvalue weighted by Gasteiger charge is 2.13. The van der Waals surface area contributed by atoms with Crippen molar-refractivity contribution in [1.29, 1.82) is 0 Å². The number of benzene rings is 1. The van der Waals surface area contributed by atoms with Gasteiger partial charge in [0.05, 0.1) is 22.9 Å². The number of nitrogens with one attached hydrogen (secondary N) is 1. The summed E-state index contributed by atoms with van der Waals surface area (Å²) in [6.07, 6.45) is 1.84. The number of carbonyl (C=O) groups is 2. The molecule has 0 radical (unpaired) electrons. The molecule has 0 fully saturated rings. The molecule has 0 spiro atoms. The molecule has 2 N–H and O–H groups in total. The van der Waals surface area contributed by atoms with Gasteiger partial charge in [0, 0.05) is 20.0 Å². The Hall–Kier alpha value is -2.37. The highest BCUT2D eigenvalue weighted by atomic mass is 16.4. The van der Waals surface area contributed by atoms with Crippen molar-refractivity contribution in [3.05, 3.63) is 30.1 Å². The lowest BCUT2D eigenvalue weighted by atomic mass is 10.2. The molecule has 6 nitrogen and oxygen atoms in total. The van der Waals surface area contributed by atoms with Gasteiger partial charge in [-0.3, -0.25) is 4.79 Å². The number of fused-ring (bicyclic) bond motifs is 1. The molecule has 6 heteroatoms. The molecule has 2 rings (SSSR count). The fraction of sp³-hybridized carbons (Fsp3) is 0.250. The first kappa shape index (κ1) is 12.1. The number of hydrogen-bond donors (Lipinski definition) is 2. The zero-order chi connectivity index (χ0) is 13.1. The van der Waals surface area contributed by atoms with Gasteiger partial charge in [0.25, 0.3) is 0 Å². The van der Waals surface area contributed by atoms with Gasteiger partial charge in [-0.05, 0) is 12.1 Å². The van der Waals surface area contributed by atoms with E-state index >= 15 is 0 Å². The number of aromatic nitrogens is 2. The topological polar surface area (TPSA) is 84.2 Å². The fourth-order valence-corrected chi connectivity index (χ4v) is 1.82. The molecule has 1 heterocycles. The molecule has 1 aromatic heterocycles. The smallest absolute Gasteiger partial charge is 0.337 e. The second kappa shape index (κ2) is 4.87. The maximum Gasteiger partial charge on any atom is 0.337 e. The molecule has 0 saturated carbocycles. The zero-order valence-corrected chi connectivity index (χ0v) is 9.88. The van der Waals surface area contributed by atoms with Crippen molar-refractivity contribution in [3.8, 4) is 0 Å². The number of carbonyl (C=O) groups excluding carboxylic acids is 1. The summed E-state index contributed by atoms with van der Waals surface area (Å²) >= 11 is 0. The molecule has 0 bridgehead atoms. The Morgan fingerprint density at radius 2 is 2.22 bits per heavy atom. The number of carboxylic acid groups (broad SMARTS) is 1. The zero-order valence-electron chi connectivity index (χ0n) is 9.88. The van der Waals surface area contributed by atoms with Crippen LogP contribution in [0.3, 0.4) is 0 Å². The van der Waals surface area contributed by atoms with Crippen LogP contribution >= 0.6 is 0 Å². The van der Waals surface area contributed by atoms with Crippen molar-refractivity contribution in [2.24, 2.45) is 0 Å². The van der Waals surface area contributed by atoms with E-state index in [4.69, 9.17) is 5.11 Å². The van der Waals surface area contributed by atoms with Gasteiger partial charge in [-0.15, -0.1) is 0 Å². The van der Waals surface area contributed by atoms with Crippen LogP contribution in [0.4, 0.5) is 0 Å². The number of hydrogen-bond acceptors (Lipinski definition) is 3. The molecule has 0 saturated heterocycles. The van der Waals surface area contributed by atoms with E-state index in [0.29, 0.717) is 17.6 Å². The van der Waals surface area contributed by atoms with E-state index in [-0.39, 0.29) is 17.9 Å². The minimum atomic E-state index is -0.998. The molecular formula is C12H13N3O3. The molecule has 0 unspecified atom stereocenters. The van der Waals surface area contributed by atoms with E-state index in [0.717, 1.165) is 0 Å². The predicted molar refractivity (Wildman–Crippen MR) is 65.4 cm³/mol. The van der Waals surface area contributed by atoms with Crippen molar-refractivity contribution in [1.82, 2.24) is 14.9 Å². The van der Waals surface area contributed by atoms with Crippen molar-refractivity contribution in [2.45, 2.75) is 13.0 Å². The summed E-state index contributed by atoms with van der Waals surface area (Å²) in [6, 6.07) is 4.93. The summed E-state index contributed by atoms with van der Waals surface area (Å²) in [5.41, 5.74) is 1.36. The first-order valence-electron chi connectivity index (χ1n) is 5.51. The number of carboxylic acids is 1. The highest BCUT2D eigenvalue weighted by molar-refractivity contribution is 6.01. The van der Waals surface area contributed by atoms with Crippen LogP contribution in [0, 0.1) is 0 Å². The summed E-state index contributed by atoms with van der Waals surface area (Å²) < 4.78 is 1.69. The van der Waals surface area contributed by atoms with Crippen LogP contribution in [0.25, 0.3) is 11.0 Å². The Bertz CT molecular complexity index is 604. The number of nitrogens with zero attached hydrogens (tertiary/aromatic N) is 2. The van der Waals surface area contributed by atoms with Gasteiger partial charge in [0.2, 0.25) is 5.91 Å². The largest absolute Gasteiger partial charge is 0.478 e. The van der Waals surface area contributed by atoms with Crippen LogP contribution in [0.15, 0.2) is 24.5 Å². The van der Waals surface area contributed by atoms with Gasteiger partial charge < -0.3 is 15.0 Å². The number of aryl methyl sites for hydroxylation is 1. The number of aromatic carboxylic acids is 1. The van der Waals surface area contributed by atoms with Crippen LogP contribution in [0.1, 0.15) is 16.8 Å². The summed E-state index contributed by atoms with van der Waals surface area (Å²) in [5.74, 6) is -1.09. The number of para-hydroxylation sites is 1. The summed E-state index contributed by atoms with van der Waals surface area (Å²) in [6.45, 7) is 0.403. The van der Waals surface area contributed by atoms with Gasteiger partial charge in [0.15, 0.2) is 0 Å². The van der Waals surface area contributed by atoms with E-state index < -0.39 is 5.97 Å². The van der Waals surface area contributed by atoms with E-state index in [9.17, 15) is 9.59 Å². The number of imidazole rings is 1. The van der Waals surface area contributed by atoms with Gasteiger partial charge >= 0.3 is 5.97 Å². The molecule has 0 aliphatic heterocycles. The molecule has 1 amide bonds. The first-order chi connectivity index (χ1) is 8.63. The van der Waals surface area contributed by atoms with Gasteiger partial charge in [-0.25, -0.2) is 9.78 Å². The van der Waals surface area contributed by atoms with Crippen LogP contribution in [0.5, 0.6) is 0 Å². The summed E-state index contributed by atoms with van der Waals surface area (Å²) in [5, 5.41) is 11.7. The normalized spacial score (nSPS) is 10.5. The third-order valence-corrected chi connectivity index (χ3v) is 2.73. The molecule has 94 valence electrons. The van der Waals surface area contributed by atoms with Crippen LogP contribution in [0.2, 0.25) is 0 Å². The Morgan fingerprint density at radius 1 is 1.44 bits per heavy atom. The third-order valence-electron chi connectivity index (χ3n) is 2.73. The fourth-order valence-electron chi connectivity index (χ4n) is 1.82. The van der Waals surface area contributed by atoms with E-state index in [1.165, 1.54) is 6.07 Å². The second-order valence-corrected chi connectivity index (χ2v) is 3.84. The maximum absolute atomic E-state index is 11.2. The Morgan fingerprint density at radius 3 is 2.89 bits per heavy atom. The van der Waals surface area contributed by atoms with Crippen molar-refractivity contribution >= 4 is 22.9 Å². The lowest BCUT2D eigenvalue weighted by molar-refractivity contribution is -0.120. The first-order valence-corrected chi connectivity index (χ1v) is 5.51. The molecule has 2 aromatic rings. The molecule has 1 aromatic carbocycles. The minimum Gasteiger partial charge on any atom is -0.478 e. The standard InChI is InChI=1S/C12H13N3O3/c1-13-10(16)5-6-15-7-14-9-4-2-3-8(11(9)15)12(17)18/h2-4,7H,5-6H2,1H3,(H,13,16)(H,17,18). The maximum atomic E-state index is 11.2. The third kappa shape index (κ3) is 2.17. The monoisotopic (exact) mass is 247 g/mol. The van der Waals surface area contributed by atoms with E-state index in [1.54, 1.807) is 30.1 Å². The quantitative estimate of drug-likeness (QED) is 0.839. The van der Waals surface area contributed by atoms with Crippen molar-refractivity contribution < 1.29 is 14.7 Å². The minimum absolute atomic E-state index is 0.0929. The molecular weight excluding hydrogens is 234 g/mol. The predicted octanol–water partition coefficient (Wildman–Crippen LogP) is 0.871. The number of amides is 1. The SMILES string of the molecule is CNC(=O)CCn1cnc2cccc(C(=O)O)c21. The highest BCUT2D eigenvalue weighted by Crippen LogP contribution is 2.18. The van der Waals surface area contributed by atoms with Gasteiger partial charge in [-0.2, -0.15) is 0 Å². The lowest BCUT2D eigenvalue weighted by Crippen LogP contribution is -2.19. The Labute approximate surface area is 103 Å². The van der Waals surface area contributed by atoms with Crippen LogP contribution in [-0.2, 0) is 11.3 Å². The van der Waals surface area contributed by atoms with Crippen molar-refractivity contribution in [3.63, 3.8) is 0 Å².